The molecular weight excluding hydrogens is 368 g/mol. The highest BCUT2D eigenvalue weighted by Gasteiger charge is 2.32. The number of nitrogens with one attached hydrogen (secondary N) is 2. The van der Waals surface area contributed by atoms with Crippen LogP contribution in [0.5, 0.6) is 0 Å². The number of hydrogen-bond acceptors (Lipinski definition) is 8. The Labute approximate surface area is 148 Å². The Morgan fingerprint density at radius 1 is 1.24 bits per heavy atom. The van der Waals surface area contributed by atoms with E-state index in [9.17, 15) is 13.2 Å². The topological polar surface area (TPSA) is 120 Å². The van der Waals surface area contributed by atoms with Gasteiger partial charge in [0.1, 0.15) is 0 Å². The molecule has 1 aromatic carbocycles. The Bertz CT molecular complexity index is 860. The van der Waals surface area contributed by atoms with Crippen molar-refractivity contribution in [1.29, 1.82) is 0 Å². The first-order valence-corrected chi connectivity index (χ1v) is 9.74. The van der Waals surface area contributed by atoms with E-state index in [0.29, 0.717) is 17.1 Å². The number of nitrogens with zero attached hydrogens (tertiary/aromatic N) is 2. The average molecular weight is 384 g/mol. The number of ether oxygens (including phenoxy) is 2. The lowest BCUT2D eigenvalue weighted by atomic mass is 10.3. The van der Waals surface area contributed by atoms with E-state index < -0.39 is 16.3 Å². The number of amides is 1. The van der Waals surface area contributed by atoms with E-state index in [2.05, 4.69) is 20.2 Å². The van der Waals surface area contributed by atoms with Crippen molar-refractivity contribution >= 4 is 38.1 Å². The summed E-state index contributed by atoms with van der Waals surface area (Å²) in [4.78, 5) is 11.4. The summed E-state index contributed by atoms with van der Waals surface area (Å²) < 4.78 is 37.7. The van der Waals surface area contributed by atoms with E-state index in [1.165, 1.54) is 24.3 Å². The van der Waals surface area contributed by atoms with Crippen molar-refractivity contribution in [3.05, 3.63) is 29.3 Å². The summed E-state index contributed by atoms with van der Waals surface area (Å²) in [5.41, 5.74) is 0.525. The second kappa shape index (κ2) is 7.04. The van der Waals surface area contributed by atoms with E-state index in [0.717, 1.165) is 11.3 Å². The molecule has 2 heterocycles. The normalized spacial score (nSPS) is 19.9. The molecule has 1 saturated heterocycles. The van der Waals surface area contributed by atoms with Crippen LogP contribution in [0.25, 0.3) is 0 Å². The molecule has 0 aliphatic carbocycles. The van der Waals surface area contributed by atoms with Gasteiger partial charge in [-0.2, -0.15) is 0 Å². The first-order valence-electron chi connectivity index (χ1n) is 7.44. The molecule has 1 aromatic heterocycles. The Balaban J connectivity index is 1.68. The van der Waals surface area contributed by atoms with Crippen molar-refractivity contribution in [2.24, 2.45) is 0 Å². The molecule has 2 aromatic rings. The maximum Gasteiger partial charge on any atom is 0.263 e. The van der Waals surface area contributed by atoms with Crippen LogP contribution in [0.1, 0.15) is 31.6 Å². The fourth-order valence-electron chi connectivity index (χ4n) is 1.99. The molecule has 0 atom stereocenters. The Hall–Kier alpha value is -2.08. The van der Waals surface area contributed by atoms with Gasteiger partial charge < -0.3 is 14.8 Å². The number of anilines is 2. The number of carbonyl (C=O) groups excluding carboxylic acids is 1. The Morgan fingerprint density at radius 3 is 2.52 bits per heavy atom. The van der Waals surface area contributed by atoms with Crippen LogP contribution in [0.2, 0.25) is 0 Å². The number of hydrogen-bond donors (Lipinski definition) is 2. The van der Waals surface area contributed by atoms with Gasteiger partial charge in [-0.1, -0.05) is 18.3 Å². The SMILES string of the molecule is CCC(=O)Nc1ccc(S(=O)(=O)Nc2nnc(C3OC(C)O3)s2)cc1. The molecule has 11 heteroatoms. The quantitative estimate of drug-likeness (QED) is 0.782. The highest BCUT2D eigenvalue weighted by molar-refractivity contribution is 7.93. The van der Waals surface area contributed by atoms with E-state index in [4.69, 9.17) is 9.47 Å². The minimum Gasteiger partial charge on any atom is -0.326 e. The smallest absolute Gasteiger partial charge is 0.263 e. The minimum atomic E-state index is -3.81. The van der Waals surface area contributed by atoms with Crippen molar-refractivity contribution < 1.29 is 22.7 Å². The summed E-state index contributed by atoms with van der Waals surface area (Å²) >= 11 is 1.04. The molecular formula is C14H16N4O5S2. The van der Waals surface area contributed by atoms with Gasteiger partial charge >= 0.3 is 0 Å². The van der Waals surface area contributed by atoms with E-state index >= 15 is 0 Å². The number of rotatable bonds is 6. The number of aromatic nitrogens is 2. The lowest BCUT2D eigenvalue weighted by molar-refractivity contribution is -0.382. The largest absolute Gasteiger partial charge is 0.326 e. The van der Waals surface area contributed by atoms with Crippen molar-refractivity contribution in [2.45, 2.75) is 37.7 Å². The molecule has 134 valence electrons. The summed E-state index contributed by atoms with van der Waals surface area (Å²) in [6.45, 7) is 3.47. The standard InChI is InChI=1S/C14H16N4O5S2/c1-3-11(19)15-9-4-6-10(7-5-9)25(20,21)18-14-17-16-12(24-14)13-22-8(2)23-13/h4-8,13H,3H2,1-2H3,(H,15,19)(H,17,18). The van der Waals surface area contributed by atoms with Crippen LogP contribution in [0, 0.1) is 0 Å². The predicted molar refractivity (Wildman–Crippen MR) is 90.5 cm³/mol. The molecule has 3 rings (SSSR count). The van der Waals surface area contributed by atoms with Crippen molar-refractivity contribution in [3.8, 4) is 0 Å². The molecule has 9 nitrogen and oxygen atoms in total. The summed E-state index contributed by atoms with van der Waals surface area (Å²) in [5, 5.41) is 10.8. The summed E-state index contributed by atoms with van der Waals surface area (Å²) in [6.07, 6.45) is -0.568. The maximum atomic E-state index is 12.4. The van der Waals surface area contributed by atoms with Gasteiger partial charge in [0.05, 0.1) is 4.90 Å². The zero-order valence-corrected chi connectivity index (χ0v) is 15.1. The highest BCUT2D eigenvalue weighted by atomic mass is 32.2. The molecule has 1 amide bonds. The van der Waals surface area contributed by atoms with Gasteiger partial charge in [0.15, 0.2) is 11.3 Å². The Kier molecular flexibility index (Phi) is 4.99. The maximum absolute atomic E-state index is 12.4. The number of carbonyl (C=O) groups is 1. The summed E-state index contributed by atoms with van der Waals surface area (Å²) in [6, 6.07) is 5.83. The van der Waals surface area contributed by atoms with Crippen LogP contribution in [0.4, 0.5) is 10.8 Å². The lowest BCUT2D eigenvalue weighted by Gasteiger charge is -2.31. The first-order chi connectivity index (χ1) is 11.9. The summed E-state index contributed by atoms with van der Waals surface area (Å²) in [7, 11) is -3.81. The lowest BCUT2D eigenvalue weighted by Crippen LogP contribution is -2.31. The van der Waals surface area contributed by atoms with Gasteiger partial charge in [-0.25, -0.2) is 8.42 Å². The molecule has 0 saturated carbocycles. The van der Waals surface area contributed by atoms with E-state index in [-0.39, 0.29) is 22.2 Å². The molecule has 0 unspecified atom stereocenters. The molecule has 2 N–H and O–H groups in total. The second-order valence-electron chi connectivity index (χ2n) is 5.15. The van der Waals surface area contributed by atoms with Crippen molar-refractivity contribution in [1.82, 2.24) is 10.2 Å². The molecule has 0 radical (unpaired) electrons. The van der Waals surface area contributed by atoms with Gasteiger partial charge in [0, 0.05) is 12.1 Å². The molecule has 0 spiro atoms. The number of sulfonamides is 1. The van der Waals surface area contributed by atoms with Crippen LogP contribution in [0.3, 0.4) is 0 Å². The van der Waals surface area contributed by atoms with Crippen LogP contribution < -0.4 is 10.0 Å². The van der Waals surface area contributed by atoms with Gasteiger partial charge in [-0.15, -0.1) is 10.2 Å². The van der Waals surface area contributed by atoms with Crippen LogP contribution in [-0.4, -0.2) is 30.8 Å². The number of benzene rings is 1. The molecule has 1 aliphatic heterocycles. The molecule has 1 aliphatic rings. The summed E-state index contributed by atoms with van der Waals surface area (Å²) in [5.74, 6) is -0.148. The third kappa shape index (κ3) is 4.12. The van der Waals surface area contributed by atoms with Crippen LogP contribution in [-0.2, 0) is 24.3 Å². The fraction of sp³-hybridized carbons (Fsp3) is 0.357. The first kappa shape index (κ1) is 17.7. The monoisotopic (exact) mass is 384 g/mol. The van der Waals surface area contributed by atoms with Gasteiger partial charge in [-0.3, -0.25) is 9.52 Å². The van der Waals surface area contributed by atoms with Crippen molar-refractivity contribution in [2.75, 3.05) is 10.0 Å². The van der Waals surface area contributed by atoms with E-state index in [1.54, 1.807) is 13.8 Å². The molecule has 1 fully saturated rings. The molecule has 0 bridgehead atoms. The third-order valence-electron chi connectivity index (χ3n) is 3.26. The minimum absolute atomic E-state index is 0.0449. The highest BCUT2D eigenvalue weighted by Crippen LogP contribution is 2.34. The van der Waals surface area contributed by atoms with Crippen LogP contribution in [0.15, 0.2) is 29.2 Å². The zero-order chi connectivity index (χ0) is 18.0. The third-order valence-corrected chi connectivity index (χ3v) is 5.61. The molecule has 25 heavy (non-hydrogen) atoms. The van der Waals surface area contributed by atoms with Gasteiger partial charge in [0.25, 0.3) is 10.0 Å². The van der Waals surface area contributed by atoms with E-state index in [1.807, 2.05) is 0 Å². The average Bonchev–Trinajstić information content (AvgIpc) is 2.99. The van der Waals surface area contributed by atoms with Gasteiger partial charge in [0.2, 0.25) is 17.3 Å². The zero-order valence-electron chi connectivity index (χ0n) is 13.4. The predicted octanol–water partition coefficient (Wildman–Crippen LogP) is 2.08. The fourth-order valence-corrected chi connectivity index (χ4v) is 3.93. The van der Waals surface area contributed by atoms with Crippen LogP contribution >= 0.6 is 11.3 Å². The van der Waals surface area contributed by atoms with Gasteiger partial charge in [-0.05, 0) is 31.2 Å². The Morgan fingerprint density at radius 2 is 1.92 bits per heavy atom. The van der Waals surface area contributed by atoms with Crippen molar-refractivity contribution in [3.63, 3.8) is 0 Å². The second-order valence-corrected chi connectivity index (χ2v) is 7.84.